The van der Waals surface area contributed by atoms with Gasteiger partial charge in [0.2, 0.25) is 5.91 Å². The molecule has 2 unspecified atom stereocenters. The van der Waals surface area contributed by atoms with E-state index in [1.165, 1.54) is 231 Å². The average Bonchev–Trinajstić information content (AvgIpc) is 3.26. The Morgan fingerprint density at radius 2 is 0.770 bits per heavy atom. The maximum Gasteiger partial charge on any atom is 0.305 e. The van der Waals surface area contributed by atoms with Crippen LogP contribution in [0.4, 0.5) is 0 Å². The van der Waals surface area contributed by atoms with Gasteiger partial charge in [-0.05, 0) is 51.4 Å². The highest BCUT2D eigenvalue weighted by atomic mass is 16.5. The molecule has 0 aromatic carbocycles. The molecule has 0 aromatic heterocycles. The third-order valence-corrected chi connectivity index (χ3v) is 12.8. The minimum atomic E-state index is -0.663. The fourth-order valence-electron chi connectivity index (χ4n) is 8.58. The van der Waals surface area contributed by atoms with E-state index in [1.54, 1.807) is 0 Å². The van der Waals surface area contributed by atoms with Crippen molar-refractivity contribution in [3.05, 3.63) is 12.2 Å². The van der Waals surface area contributed by atoms with Crippen LogP contribution in [0.15, 0.2) is 12.2 Å². The molecule has 6 heteroatoms. The van der Waals surface area contributed by atoms with Crippen LogP contribution in [0.5, 0.6) is 0 Å². The molecule has 0 aliphatic carbocycles. The number of aliphatic hydroxyl groups excluding tert-OH is 2. The van der Waals surface area contributed by atoms with Gasteiger partial charge < -0.3 is 20.3 Å². The SMILES string of the molecule is CCCCCCCCCCCCCC(=O)OCCCCCCCCCCCCCC/C=C\CCCCCCCCCCC(=O)NC(CO)C(O)CCCCCCCCCCC. The fourth-order valence-corrected chi connectivity index (χ4v) is 8.58. The Morgan fingerprint density at radius 3 is 1.16 bits per heavy atom. The Bertz CT molecular complexity index is 909. The van der Waals surface area contributed by atoms with Gasteiger partial charge in [0.1, 0.15) is 0 Å². The highest BCUT2D eigenvalue weighted by Gasteiger charge is 2.20. The number of carbonyl (C=O) groups is 2. The summed E-state index contributed by atoms with van der Waals surface area (Å²) in [5.74, 6) is -0.0291. The van der Waals surface area contributed by atoms with E-state index in [9.17, 15) is 19.8 Å². The van der Waals surface area contributed by atoms with Gasteiger partial charge in [0.15, 0.2) is 0 Å². The second-order valence-electron chi connectivity index (χ2n) is 18.9. The summed E-state index contributed by atoms with van der Waals surface area (Å²) in [4.78, 5) is 24.4. The number of allylic oxidation sites excluding steroid dienone is 2. The summed E-state index contributed by atoms with van der Waals surface area (Å²) in [6.45, 7) is 4.93. The van der Waals surface area contributed by atoms with Gasteiger partial charge in [-0.2, -0.15) is 0 Å². The molecule has 0 aliphatic rings. The molecule has 61 heavy (non-hydrogen) atoms. The van der Waals surface area contributed by atoms with Crippen molar-refractivity contribution in [3.63, 3.8) is 0 Å². The Hall–Kier alpha value is -1.40. The quantitative estimate of drug-likeness (QED) is 0.0322. The molecule has 2 atom stereocenters. The smallest absolute Gasteiger partial charge is 0.305 e. The summed E-state index contributed by atoms with van der Waals surface area (Å²) in [6.07, 6.45) is 59.2. The van der Waals surface area contributed by atoms with Crippen LogP contribution in [-0.2, 0) is 14.3 Å². The minimum absolute atomic E-state index is 0.0122. The molecule has 0 spiro atoms. The van der Waals surface area contributed by atoms with Gasteiger partial charge in [0.05, 0.1) is 25.4 Å². The van der Waals surface area contributed by atoms with E-state index in [4.69, 9.17) is 4.74 Å². The molecular weight excluding hydrogens is 755 g/mol. The van der Waals surface area contributed by atoms with Crippen LogP contribution in [0.3, 0.4) is 0 Å². The zero-order valence-corrected chi connectivity index (χ0v) is 41.2. The molecular formula is C55H107NO5. The van der Waals surface area contributed by atoms with Crippen LogP contribution < -0.4 is 5.32 Å². The third-order valence-electron chi connectivity index (χ3n) is 12.8. The second kappa shape index (κ2) is 51.2. The summed E-state index contributed by atoms with van der Waals surface area (Å²) in [5.41, 5.74) is 0. The topological polar surface area (TPSA) is 95.9 Å². The van der Waals surface area contributed by atoms with Gasteiger partial charge in [-0.3, -0.25) is 9.59 Å². The Kier molecular flexibility index (Phi) is 50.1. The molecule has 0 radical (unpaired) electrons. The minimum Gasteiger partial charge on any atom is -0.466 e. The molecule has 6 nitrogen and oxygen atoms in total. The number of hydrogen-bond donors (Lipinski definition) is 3. The Morgan fingerprint density at radius 1 is 0.443 bits per heavy atom. The molecule has 0 saturated carbocycles. The van der Waals surface area contributed by atoms with Crippen molar-refractivity contribution in [1.29, 1.82) is 0 Å². The van der Waals surface area contributed by atoms with Crippen molar-refractivity contribution in [1.82, 2.24) is 5.32 Å². The lowest BCUT2D eigenvalue weighted by atomic mass is 10.0. The zero-order chi connectivity index (χ0) is 44.4. The van der Waals surface area contributed by atoms with E-state index >= 15 is 0 Å². The maximum atomic E-state index is 12.4. The summed E-state index contributed by atoms with van der Waals surface area (Å²) < 4.78 is 5.46. The standard InChI is InChI=1S/C55H107NO5/c1-3-5-7-9-11-13-28-33-37-41-45-49-55(60)61-50-46-42-38-34-30-27-25-23-21-19-17-15-14-16-18-20-22-24-26-29-32-36-40-44-48-54(59)56-52(51-57)53(58)47-43-39-35-31-12-10-8-6-4-2/h16,18,52-53,57-58H,3-15,17,19-51H2,1-2H3,(H,56,59)/b18-16-. The number of rotatable bonds is 51. The largest absolute Gasteiger partial charge is 0.466 e. The van der Waals surface area contributed by atoms with Crippen molar-refractivity contribution in [2.75, 3.05) is 13.2 Å². The van der Waals surface area contributed by atoms with E-state index in [-0.39, 0.29) is 18.5 Å². The molecule has 362 valence electrons. The van der Waals surface area contributed by atoms with Crippen LogP contribution in [-0.4, -0.2) is 47.4 Å². The molecule has 0 rings (SSSR count). The molecule has 0 heterocycles. The number of ether oxygens (including phenoxy) is 1. The van der Waals surface area contributed by atoms with Gasteiger partial charge in [-0.25, -0.2) is 0 Å². The van der Waals surface area contributed by atoms with Gasteiger partial charge in [0.25, 0.3) is 0 Å². The van der Waals surface area contributed by atoms with Crippen LogP contribution in [0.25, 0.3) is 0 Å². The number of hydrogen-bond acceptors (Lipinski definition) is 5. The molecule has 3 N–H and O–H groups in total. The predicted molar refractivity (Wildman–Crippen MR) is 264 cm³/mol. The summed E-state index contributed by atoms with van der Waals surface area (Å²) in [7, 11) is 0. The molecule has 0 aliphatic heterocycles. The van der Waals surface area contributed by atoms with Gasteiger partial charge in [0, 0.05) is 12.8 Å². The van der Waals surface area contributed by atoms with Crippen molar-refractivity contribution in [2.24, 2.45) is 0 Å². The van der Waals surface area contributed by atoms with Crippen LogP contribution in [0, 0.1) is 0 Å². The van der Waals surface area contributed by atoms with E-state index in [2.05, 4.69) is 31.3 Å². The Balaban J connectivity index is 3.37. The number of esters is 1. The lowest BCUT2D eigenvalue weighted by Crippen LogP contribution is -2.45. The van der Waals surface area contributed by atoms with Crippen LogP contribution in [0.1, 0.15) is 303 Å². The van der Waals surface area contributed by atoms with Crippen LogP contribution in [0.2, 0.25) is 0 Å². The number of unbranched alkanes of at least 4 members (excludes halogenated alkanes) is 38. The molecule has 0 aromatic rings. The first kappa shape index (κ1) is 59.6. The van der Waals surface area contributed by atoms with E-state index < -0.39 is 12.1 Å². The van der Waals surface area contributed by atoms with Gasteiger partial charge in [-0.1, -0.05) is 251 Å². The van der Waals surface area contributed by atoms with Gasteiger partial charge in [-0.15, -0.1) is 0 Å². The molecule has 0 saturated heterocycles. The number of aliphatic hydroxyl groups is 2. The molecule has 0 fully saturated rings. The van der Waals surface area contributed by atoms with E-state index in [0.29, 0.717) is 25.9 Å². The van der Waals surface area contributed by atoms with Crippen molar-refractivity contribution >= 4 is 11.9 Å². The predicted octanol–water partition coefficient (Wildman–Crippen LogP) is 16.5. The van der Waals surface area contributed by atoms with Crippen LogP contribution >= 0.6 is 0 Å². The average molecular weight is 862 g/mol. The number of amides is 1. The monoisotopic (exact) mass is 862 g/mol. The first-order valence-corrected chi connectivity index (χ1v) is 27.4. The lowest BCUT2D eigenvalue weighted by molar-refractivity contribution is -0.143. The zero-order valence-electron chi connectivity index (χ0n) is 41.2. The molecule has 0 bridgehead atoms. The number of carbonyl (C=O) groups excluding carboxylic acids is 2. The maximum absolute atomic E-state index is 12.4. The first-order chi connectivity index (χ1) is 30.0. The Labute approximate surface area is 380 Å². The van der Waals surface area contributed by atoms with E-state index in [1.807, 2.05) is 0 Å². The summed E-state index contributed by atoms with van der Waals surface area (Å²) in [5, 5.41) is 23.1. The second-order valence-corrected chi connectivity index (χ2v) is 18.9. The summed E-state index contributed by atoms with van der Waals surface area (Å²) in [6, 6.07) is -0.541. The highest BCUT2D eigenvalue weighted by Crippen LogP contribution is 2.17. The summed E-state index contributed by atoms with van der Waals surface area (Å²) >= 11 is 0. The normalized spacial score (nSPS) is 12.7. The first-order valence-electron chi connectivity index (χ1n) is 27.4. The van der Waals surface area contributed by atoms with Gasteiger partial charge >= 0.3 is 5.97 Å². The highest BCUT2D eigenvalue weighted by molar-refractivity contribution is 5.76. The third kappa shape index (κ3) is 47.9. The van der Waals surface area contributed by atoms with Crippen molar-refractivity contribution in [3.8, 4) is 0 Å². The van der Waals surface area contributed by atoms with Crippen molar-refractivity contribution < 1.29 is 24.5 Å². The number of nitrogens with one attached hydrogen (secondary N) is 1. The van der Waals surface area contributed by atoms with E-state index in [0.717, 1.165) is 38.5 Å². The molecule has 1 amide bonds. The fraction of sp³-hybridized carbons (Fsp3) is 0.927. The van der Waals surface area contributed by atoms with Crippen molar-refractivity contribution in [2.45, 2.75) is 315 Å². The lowest BCUT2D eigenvalue weighted by Gasteiger charge is -2.22.